The number of carbonyl (C=O) groups is 2. The van der Waals surface area contributed by atoms with E-state index in [0.29, 0.717) is 11.3 Å². The van der Waals surface area contributed by atoms with Crippen molar-refractivity contribution in [3.8, 4) is 5.75 Å². The number of hydrogen-bond donors (Lipinski definition) is 1. The van der Waals surface area contributed by atoms with Gasteiger partial charge in [-0.3, -0.25) is 4.79 Å². The van der Waals surface area contributed by atoms with E-state index in [2.05, 4.69) is 15.1 Å². The summed E-state index contributed by atoms with van der Waals surface area (Å²) in [5.74, 6) is -0.592. The van der Waals surface area contributed by atoms with Crippen LogP contribution in [0.1, 0.15) is 23.0 Å². The summed E-state index contributed by atoms with van der Waals surface area (Å²) >= 11 is 0. The molecule has 0 saturated carbocycles. The topological polar surface area (TPSA) is 121 Å². The van der Waals surface area contributed by atoms with Crippen molar-refractivity contribution in [2.45, 2.75) is 13.5 Å². The van der Waals surface area contributed by atoms with Gasteiger partial charge in [-0.1, -0.05) is 6.07 Å². The zero-order valence-corrected chi connectivity index (χ0v) is 12.6. The lowest BCUT2D eigenvalue weighted by Gasteiger charge is -2.06. The summed E-state index contributed by atoms with van der Waals surface area (Å²) in [6, 6.07) is 9.11. The summed E-state index contributed by atoms with van der Waals surface area (Å²) < 4.78 is 5.14. The molecule has 1 heterocycles. The summed E-state index contributed by atoms with van der Waals surface area (Å²) in [6.45, 7) is 1.14. The second-order valence-corrected chi connectivity index (χ2v) is 4.64. The number of nitrogens with one attached hydrogen (secondary N) is 1. The lowest BCUT2D eigenvalue weighted by atomic mass is 10.2. The number of pyridine rings is 1. The van der Waals surface area contributed by atoms with Crippen molar-refractivity contribution in [3.63, 3.8) is 0 Å². The van der Waals surface area contributed by atoms with Crippen LogP contribution in [0.25, 0.3) is 0 Å². The number of esters is 1. The standard InChI is InChI=1S/C15H13N3O6/c1-10(19)17-12-3-5-13(6-4-12)24-15(20)14-7-2-11(8-16-14)9-23-18(21)22/h2-8H,9H2,1H3,(H,17,19). The van der Waals surface area contributed by atoms with Gasteiger partial charge in [0.1, 0.15) is 18.1 Å². The molecule has 9 nitrogen and oxygen atoms in total. The molecule has 0 fully saturated rings. The van der Waals surface area contributed by atoms with Crippen LogP contribution >= 0.6 is 0 Å². The van der Waals surface area contributed by atoms with Gasteiger partial charge in [0.2, 0.25) is 5.91 Å². The first-order valence-electron chi connectivity index (χ1n) is 6.76. The van der Waals surface area contributed by atoms with Crippen molar-refractivity contribution in [2.24, 2.45) is 0 Å². The van der Waals surface area contributed by atoms with Crippen LogP contribution in [0, 0.1) is 10.1 Å². The third-order valence-corrected chi connectivity index (χ3v) is 2.76. The zero-order chi connectivity index (χ0) is 17.5. The van der Waals surface area contributed by atoms with E-state index < -0.39 is 11.1 Å². The molecule has 2 aromatic rings. The van der Waals surface area contributed by atoms with Gasteiger partial charge in [0.25, 0.3) is 5.09 Å². The highest BCUT2D eigenvalue weighted by Gasteiger charge is 2.10. The average Bonchev–Trinajstić information content (AvgIpc) is 2.54. The summed E-state index contributed by atoms with van der Waals surface area (Å²) in [4.78, 5) is 41.1. The summed E-state index contributed by atoms with van der Waals surface area (Å²) in [5, 5.41) is 11.8. The van der Waals surface area contributed by atoms with Gasteiger partial charge in [-0.2, -0.15) is 0 Å². The fraction of sp³-hybridized carbons (Fsp3) is 0.133. The SMILES string of the molecule is CC(=O)Nc1ccc(OC(=O)c2ccc(CO[N+](=O)[O-])cn2)cc1. The highest BCUT2D eigenvalue weighted by Crippen LogP contribution is 2.17. The molecule has 1 aromatic heterocycles. The summed E-state index contributed by atoms with van der Waals surface area (Å²) in [5.41, 5.74) is 1.07. The Morgan fingerprint density at radius 1 is 1.21 bits per heavy atom. The Morgan fingerprint density at radius 2 is 1.92 bits per heavy atom. The maximum atomic E-state index is 12.0. The summed E-state index contributed by atoms with van der Waals surface area (Å²) in [6.07, 6.45) is 1.29. The molecule has 0 aliphatic rings. The number of benzene rings is 1. The highest BCUT2D eigenvalue weighted by atomic mass is 16.9. The smallest absolute Gasteiger partial charge is 0.362 e. The first-order chi connectivity index (χ1) is 11.4. The molecule has 0 bridgehead atoms. The van der Waals surface area contributed by atoms with Crippen molar-refractivity contribution in [1.82, 2.24) is 4.98 Å². The Morgan fingerprint density at radius 3 is 2.46 bits per heavy atom. The minimum atomic E-state index is -0.910. The van der Waals surface area contributed by atoms with Crippen LogP contribution in [-0.4, -0.2) is 21.9 Å². The van der Waals surface area contributed by atoms with E-state index in [1.165, 1.54) is 37.4 Å². The monoisotopic (exact) mass is 331 g/mol. The maximum Gasteiger partial charge on any atom is 0.362 e. The quantitative estimate of drug-likeness (QED) is 0.372. The van der Waals surface area contributed by atoms with Crippen LogP contribution < -0.4 is 10.1 Å². The van der Waals surface area contributed by atoms with Crippen LogP contribution in [0.15, 0.2) is 42.6 Å². The normalized spacial score (nSPS) is 9.88. The number of amides is 1. The van der Waals surface area contributed by atoms with Crippen molar-refractivity contribution < 1.29 is 24.3 Å². The molecule has 1 N–H and O–H groups in total. The van der Waals surface area contributed by atoms with Crippen LogP contribution in [0.2, 0.25) is 0 Å². The first-order valence-corrected chi connectivity index (χ1v) is 6.76. The molecular weight excluding hydrogens is 318 g/mol. The molecule has 24 heavy (non-hydrogen) atoms. The number of nitrogens with zero attached hydrogens (tertiary/aromatic N) is 2. The molecule has 124 valence electrons. The number of ether oxygens (including phenoxy) is 1. The molecule has 2 rings (SSSR count). The molecule has 1 amide bonds. The van der Waals surface area contributed by atoms with E-state index >= 15 is 0 Å². The number of hydrogen-bond acceptors (Lipinski definition) is 7. The average molecular weight is 331 g/mol. The molecule has 0 aliphatic carbocycles. The first kappa shape index (κ1) is 16.9. The van der Waals surface area contributed by atoms with Gasteiger partial charge in [-0.25, -0.2) is 9.78 Å². The maximum absolute atomic E-state index is 12.0. The second-order valence-electron chi connectivity index (χ2n) is 4.64. The van der Waals surface area contributed by atoms with Crippen molar-refractivity contribution in [2.75, 3.05) is 5.32 Å². The van der Waals surface area contributed by atoms with E-state index in [1.54, 1.807) is 12.1 Å². The third kappa shape index (κ3) is 5.05. The Balaban J connectivity index is 1.96. The van der Waals surface area contributed by atoms with Crippen LogP contribution in [-0.2, 0) is 16.2 Å². The fourth-order valence-corrected chi connectivity index (χ4v) is 1.73. The van der Waals surface area contributed by atoms with E-state index in [4.69, 9.17) is 4.74 Å². The van der Waals surface area contributed by atoms with E-state index in [1.807, 2.05) is 0 Å². The van der Waals surface area contributed by atoms with Crippen LogP contribution in [0.4, 0.5) is 5.69 Å². The lowest BCUT2D eigenvalue weighted by molar-refractivity contribution is -0.763. The fourth-order valence-electron chi connectivity index (χ4n) is 1.73. The van der Waals surface area contributed by atoms with E-state index in [0.717, 1.165) is 0 Å². The Hall–Kier alpha value is -3.49. The minimum Gasteiger partial charge on any atom is -0.422 e. The van der Waals surface area contributed by atoms with Gasteiger partial charge in [0, 0.05) is 18.8 Å². The number of rotatable bonds is 6. The predicted octanol–water partition coefficient (Wildman–Crippen LogP) is 1.97. The third-order valence-electron chi connectivity index (χ3n) is 2.76. The van der Waals surface area contributed by atoms with Crippen molar-refractivity contribution >= 4 is 17.6 Å². The van der Waals surface area contributed by atoms with E-state index in [-0.39, 0.29) is 24.0 Å². The van der Waals surface area contributed by atoms with Crippen LogP contribution in [0.5, 0.6) is 5.75 Å². The molecule has 0 unspecified atom stereocenters. The number of carbonyl (C=O) groups excluding carboxylic acids is 2. The Kier molecular flexibility index (Phi) is 5.40. The molecule has 9 heteroatoms. The largest absolute Gasteiger partial charge is 0.422 e. The van der Waals surface area contributed by atoms with Gasteiger partial charge in [0.05, 0.1) is 0 Å². The van der Waals surface area contributed by atoms with Gasteiger partial charge in [-0.15, -0.1) is 10.1 Å². The molecule has 0 saturated heterocycles. The Bertz CT molecular complexity index is 743. The van der Waals surface area contributed by atoms with Gasteiger partial charge in [-0.05, 0) is 35.9 Å². The Labute approximate surface area is 136 Å². The second kappa shape index (κ2) is 7.68. The van der Waals surface area contributed by atoms with Gasteiger partial charge >= 0.3 is 5.97 Å². The zero-order valence-electron chi connectivity index (χ0n) is 12.6. The number of aromatic nitrogens is 1. The van der Waals surface area contributed by atoms with Gasteiger partial charge in [0.15, 0.2) is 0 Å². The van der Waals surface area contributed by atoms with Crippen LogP contribution in [0.3, 0.4) is 0 Å². The number of anilines is 1. The van der Waals surface area contributed by atoms with Gasteiger partial charge < -0.3 is 14.9 Å². The molecule has 0 aliphatic heterocycles. The minimum absolute atomic E-state index is 0.0470. The van der Waals surface area contributed by atoms with E-state index in [9.17, 15) is 19.7 Å². The summed E-state index contributed by atoms with van der Waals surface area (Å²) in [7, 11) is 0. The van der Waals surface area contributed by atoms with Crippen molar-refractivity contribution in [3.05, 3.63) is 64.0 Å². The van der Waals surface area contributed by atoms with Crippen molar-refractivity contribution in [1.29, 1.82) is 0 Å². The molecular formula is C15H13N3O6. The highest BCUT2D eigenvalue weighted by molar-refractivity contribution is 5.90. The molecule has 1 aromatic carbocycles. The molecule has 0 atom stereocenters. The molecule has 0 radical (unpaired) electrons. The lowest BCUT2D eigenvalue weighted by Crippen LogP contribution is -2.11. The molecule has 0 spiro atoms. The predicted molar refractivity (Wildman–Crippen MR) is 81.7 cm³/mol.